The molecule has 0 unspecified atom stereocenters. The number of aromatic nitrogens is 1. The lowest BCUT2D eigenvalue weighted by molar-refractivity contribution is -0.156. The van der Waals surface area contributed by atoms with E-state index < -0.39 is 23.5 Å². The number of aryl methyl sites for hydroxylation is 1. The molecule has 1 aromatic heterocycles. The van der Waals surface area contributed by atoms with E-state index in [0.717, 1.165) is 76.0 Å². The lowest BCUT2D eigenvalue weighted by Gasteiger charge is -2.28. The predicted octanol–water partition coefficient (Wildman–Crippen LogP) is 10.9. The standard InChI is InChI=1S/C24H22F3N3.C15H11F3/c25-24(26,27)30-29-17-23(15-7-5-9-18-10-6-8-16-28-18)21-13-3-1-11-19(21)20-12-2-4-14-22(20)23;1-2-11-5-3-4-6-14(11)12-7-9-13(10-8-12)15(16,17)18/h1-4,6,8,10-14,16-17,30H,5,7,9,15H2;2-10H,1H2/b29-17+;. The van der Waals surface area contributed by atoms with Crippen LogP contribution >= 0.6 is 0 Å². The fourth-order valence-corrected chi connectivity index (χ4v) is 6.08. The lowest BCUT2D eigenvalue weighted by Crippen LogP contribution is -2.32. The number of unbranched alkanes of at least 4 members (excludes halogenated alkanes) is 1. The average molecular weight is 658 g/mol. The van der Waals surface area contributed by atoms with Crippen molar-refractivity contribution >= 4 is 12.3 Å². The van der Waals surface area contributed by atoms with Crippen molar-refractivity contribution in [3.63, 3.8) is 0 Å². The van der Waals surface area contributed by atoms with Gasteiger partial charge >= 0.3 is 12.5 Å². The third-order valence-electron chi connectivity index (χ3n) is 8.27. The second-order valence-corrected chi connectivity index (χ2v) is 11.3. The van der Waals surface area contributed by atoms with Gasteiger partial charge in [-0.3, -0.25) is 4.98 Å². The van der Waals surface area contributed by atoms with Gasteiger partial charge in [0, 0.05) is 18.1 Å². The van der Waals surface area contributed by atoms with Crippen LogP contribution in [-0.2, 0) is 18.0 Å². The first-order chi connectivity index (χ1) is 23.0. The molecule has 4 aromatic carbocycles. The van der Waals surface area contributed by atoms with Gasteiger partial charge in [-0.15, -0.1) is 13.2 Å². The van der Waals surface area contributed by atoms with Crippen LogP contribution in [-0.4, -0.2) is 17.5 Å². The minimum Gasteiger partial charge on any atom is -0.261 e. The highest BCUT2D eigenvalue weighted by Crippen LogP contribution is 2.50. The fraction of sp³-hybridized carbons (Fsp3) is 0.179. The number of pyridine rings is 1. The van der Waals surface area contributed by atoms with Gasteiger partial charge in [-0.25, -0.2) is 5.43 Å². The molecule has 0 radical (unpaired) electrons. The second-order valence-electron chi connectivity index (χ2n) is 11.3. The number of hydrogen-bond acceptors (Lipinski definition) is 3. The summed E-state index contributed by atoms with van der Waals surface area (Å²) in [5, 5.41) is 3.62. The van der Waals surface area contributed by atoms with E-state index in [2.05, 4.69) is 16.7 Å². The molecular formula is C39H33F6N3. The Balaban J connectivity index is 0.000000214. The average Bonchev–Trinajstić information content (AvgIpc) is 3.36. The van der Waals surface area contributed by atoms with Gasteiger partial charge in [0.1, 0.15) is 0 Å². The van der Waals surface area contributed by atoms with E-state index >= 15 is 0 Å². The topological polar surface area (TPSA) is 37.3 Å². The molecule has 0 saturated heterocycles. The molecule has 0 saturated carbocycles. The summed E-state index contributed by atoms with van der Waals surface area (Å²) in [6.07, 6.45) is -0.741. The minimum absolute atomic E-state index is 0.637. The van der Waals surface area contributed by atoms with Crippen LogP contribution in [0.2, 0.25) is 0 Å². The van der Waals surface area contributed by atoms with Crippen molar-refractivity contribution in [3.05, 3.63) is 156 Å². The molecule has 1 N–H and O–H groups in total. The number of alkyl halides is 6. The Bertz CT molecular complexity index is 1800. The summed E-state index contributed by atoms with van der Waals surface area (Å²) >= 11 is 0. The minimum atomic E-state index is -4.56. The van der Waals surface area contributed by atoms with Crippen molar-refractivity contribution in [1.82, 2.24) is 10.4 Å². The van der Waals surface area contributed by atoms with Crippen molar-refractivity contribution in [3.8, 4) is 22.3 Å². The van der Waals surface area contributed by atoms with Crippen molar-refractivity contribution < 1.29 is 26.3 Å². The van der Waals surface area contributed by atoms with Crippen LogP contribution < -0.4 is 5.43 Å². The number of hydrazone groups is 1. The zero-order valence-electron chi connectivity index (χ0n) is 25.9. The van der Waals surface area contributed by atoms with Gasteiger partial charge < -0.3 is 0 Å². The van der Waals surface area contributed by atoms with Gasteiger partial charge in [-0.2, -0.15) is 18.3 Å². The zero-order chi connectivity index (χ0) is 34.2. The van der Waals surface area contributed by atoms with Gasteiger partial charge in [-0.05, 0) is 82.5 Å². The van der Waals surface area contributed by atoms with Gasteiger partial charge in [0.25, 0.3) is 0 Å². The molecule has 0 fully saturated rings. The normalized spacial score (nSPS) is 13.3. The van der Waals surface area contributed by atoms with Crippen molar-refractivity contribution in [1.29, 1.82) is 0 Å². The van der Waals surface area contributed by atoms with Crippen molar-refractivity contribution in [2.24, 2.45) is 5.10 Å². The fourth-order valence-electron chi connectivity index (χ4n) is 6.08. The zero-order valence-corrected chi connectivity index (χ0v) is 25.9. The monoisotopic (exact) mass is 657 g/mol. The van der Waals surface area contributed by atoms with E-state index in [1.54, 1.807) is 12.3 Å². The van der Waals surface area contributed by atoms with Gasteiger partial charge in [-0.1, -0.05) is 110 Å². The molecule has 9 heteroatoms. The Morgan fingerprint density at radius 3 is 1.83 bits per heavy atom. The molecule has 0 spiro atoms. The number of rotatable bonds is 9. The quantitative estimate of drug-likeness (QED) is 0.0563. The van der Waals surface area contributed by atoms with Crippen LogP contribution in [0.4, 0.5) is 26.3 Å². The smallest absolute Gasteiger partial charge is 0.261 e. The summed E-state index contributed by atoms with van der Waals surface area (Å²) in [5.74, 6) is 0. The van der Waals surface area contributed by atoms with Gasteiger partial charge in [0.15, 0.2) is 0 Å². The lowest BCUT2D eigenvalue weighted by atomic mass is 9.75. The number of fused-ring (bicyclic) bond motifs is 3. The molecule has 48 heavy (non-hydrogen) atoms. The van der Waals surface area contributed by atoms with Gasteiger partial charge in [0.05, 0.1) is 11.0 Å². The van der Waals surface area contributed by atoms with Crippen LogP contribution in [0.25, 0.3) is 28.3 Å². The first-order valence-electron chi connectivity index (χ1n) is 15.4. The molecule has 0 bridgehead atoms. The number of hydrogen-bond donors (Lipinski definition) is 1. The van der Waals surface area contributed by atoms with E-state index in [4.69, 9.17) is 0 Å². The molecule has 5 aromatic rings. The molecule has 0 atom stereocenters. The molecular weight excluding hydrogens is 624 g/mol. The molecule has 0 amide bonds. The van der Waals surface area contributed by atoms with Gasteiger partial charge in [0.2, 0.25) is 0 Å². The molecule has 246 valence electrons. The number of nitrogens with zero attached hydrogens (tertiary/aromatic N) is 2. The molecule has 6 rings (SSSR count). The Morgan fingerprint density at radius 1 is 0.688 bits per heavy atom. The van der Waals surface area contributed by atoms with Crippen LogP contribution in [0.1, 0.15) is 47.2 Å². The first-order valence-corrected chi connectivity index (χ1v) is 15.4. The van der Waals surface area contributed by atoms with Crippen LogP contribution in [0.5, 0.6) is 0 Å². The summed E-state index contributed by atoms with van der Waals surface area (Å²) < 4.78 is 75.5. The summed E-state index contributed by atoms with van der Waals surface area (Å²) in [6, 6.07) is 34.2. The molecule has 1 aliphatic carbocycles. The van der Waals surface area contributed by atoms with Crippen LogP contribution in [0, 0.1) is 0 Å². The Morgan fingerprint density at radius 2 is 1.27 bits per heavy atom. The highest BCUT2D eigenvalue weighted by Gasteiger charge is 2.41. The maximum atomic E-state index is 12.7. The van der Waals surface area contributed by atoms with Crippen molar-refractivity contribution in [2.75, 3.05) is 0 Å². The van der Waals surface area contributed by atoms with E-state index in [9.17, 15) is 26.3 Å². The number of nitrogens with one attached hydrogen (secondary N) is 1. The second kappa shape index (κ2) is 14.7. The van der Waals surface area contributed by atoms with Crippen LogP contribution in [0.3, 0.4) is 0 Å². The molecule has 1 heterocycles. The third-order valence-corrected chi connectivity index (χ3v) is 8.27. The molecule has 3 nitrogen and oxygen atoms in total. The highest BCUT2D eigenvalue weighted by molar-refractivity contribution is 5.93. The van der Waals surface area contributed by atoms with E-state index in [1.807, 2.05) is 91.0 Å². The maximum Gasteiger partial charge on any atom is 0.497 e. The highest BCUT2D eigenvalue weighted by atomic mass is 19.4. The summed E-state index contributed by atoms with van der Waals surface area (Å²) in [4.78, 5) is 4.35. The van der Waals surface area contributed by atoms with E-state index in [0.29, 0.717) is 6.42 Å². The summed E-state index contributed by atoms with van der Waals surface area (Å²) in [5.41, 5.74) is 7.62. The summed E-state index contributed by atoms with van der Waals surface area (Å²) in [7, 11) is 0. The maximum absolute atomic E-state index is 12.7. The largest absolute Gasteiger partial charge is 0.497 e. The van der Waals surface area contributed by atoms with Crippen LogP contribution in [0.15, 0.2) is 133 Å². The molecule has 0 aliphatic heterocycles. The number of halogens is 6. The summed E-state index contributed by atoms with van der Waals surface area (Å²) in [6.45, 7) is 3.69. The SMILES string of the molecule is C=Cc1ccccc1-c1ccc(C(F)(F)F)cc1.FC(F)(F)N/N=C/C1(CCCCc2ccccn2)c2ccccc2-c2ccccc21. The van der Waals surface area contributed by atoms with E-state index in [1.165, 1.54) is 23.8 Å². The predicted molar refractivity (Wildman–Crippen MR) is 179 cm³/mol. The Hall–Kier alpha value is -5.18. The number of benzene rings is 4. The van der Waals surface area contributed by atoms with E-state index in [-0.39, 0.29) is 0 Å². The van der Waals surface area contributed by atoms with Crippen molar-refractivity contribution in [2.45, 2.75) is 43.6 Å². The third kappa shape index (κ3) is 8.02. The first kappa shape index (κ1) is 34.2. The molecule has 1 aliphatic rings. The Kier molecular flexibility index (Phi) is 10.5. The Labute approximate surface area is 275 Å².